The fraction of sp³-hybridized carbons (Fsp3) is 0.412. The standard InChI is InChI=1S/C17H15ClF3N3O4/c18-16-23-12(8-14(24-16)27-9-10-2-5-26-6-3-10)15(25)28-11-1-4-22-13(7-11)17(19,20)21/h1,4,7-8,10H,2-3,5-6,9H2. The third-order valence-corrected chi connectivity index (χ3v) is 4.09. The first-order valence-electron chi connectivity index (χ1n) is 8.32. The number of carbonyl (C=O) groups excluding carboxylic acids is 1. The summed E-state index contributed by atoms with van der Waals surface area (Å²) in [6, 6.07) is 2.96. The number of aromatic nitrogens is 3. The minimum absolute atomic E-state index is 0.0733. The second-order valence-corrected chi connectivity index (χ2v) is 6.33. The summed E-state index contributed by atoms with van der Waals surface area (Å²) in [4.78, 5) is 23.1. The van der Waals surface area contributed by atoms with Crippen molar-refractivity contribution < 1.29 is 32.2 Å². The van der Waals surface area contributed by atoms with E-state index < -0.39 is 17.8 Å². The van der Waals surface area contributed by atoms with E-state index in [9.17, 15) is 18.0 Å². The molecular weight excluding hydrogens is 403 g/mol. The van der Waals surface area contributed by atoms with Crippen LogP contribution in [0.1, 0.15) is 29.0 Å². The molecule has 3 rings (SSSR count). The van der Waals surface area contributed by atoms with Crippen LogP contribution in [-0.2, 0) is 10.9 Å². The predicted molar refractivity (Wildman–Crippen MR) is 90.3 cm³/mol. The number of ether oxygens (including phenoxy) is 3. The van der Waals surface area contributed by atoms with Crippen LogP contribution in [0.2, 0.25) is 5.28 Å². The van der Waals surface area contributed by atoms with Gasteiger partial charge in [0, 0.05) is 31.5 Å². The van der Waals surface area contributed by atoms with Gasteiger partial charge in [-0.1, -0.05) is 0 Å². The molecule has 1 saturated heterocycles. The molecule has 3 heterocycles. The summed E-state index contributed by atoms with van der Waals surface area (Å²) in [6.07, 6.45) is -2.08. The van der Waals surface area contributed by atoms with Gasteiger partial charge in [0.25, 0.3) is 0 Å². The van der Waals surface area contributed by atoms with Crippen molar-refractivity contribution in [3.05, 3.63) is 41.1 Å². The van der Waals surface area contributed by atoms with Crippen molar-refractivity contribution in [2.75, 3.05) is 19.8 Å². The number of halogens is 4. The highest BCUT2D eigenvalue weighted by Gasteiger charge is 2.33. The zero-order valence-electron chi connectivity index (χ0n) is 14.4. The van der Waals surface area contributed by atoms with Crippen molar-refractivity contribution in [2.24, 2.45) is 5.92 Å². The van der Waals surface area contributed by atoms with E-state index >= 15 is 0 Å². The van der Waals surface area contributed by atoms with Crippen LogP contribution in [0.3, 0.4) is 0 Å². The van der Waals surface area contributed by atoms with E-state index in [1.165, 1.54) is 6.07 Å². The molecule has 0 aliphatic carbocycles. The quantitative estimate of drug-likeness (QED) is 0.543. The van der Waals surface area contributed by atoms with Crippen molar-refractivity contribution in [3.8, 4) is 11.6 Å². The summed E-state index contributed by atoms with van der Waals surface area (Å²) in [7, 11) is 0. The molecule has 2 aromatic rings. The van der Waals surface area contributed by atoms with E-state index in [1.807, 2.05) is 0 Å². The summed E-state index contributed by atoms with van der Waals surface area (Å²) in [5.74, 6) is -0.967. The van der Waals surface area contributed by atoms with Crippen LogP contribution in [0.25, 0.3) is 0 Å². The van der Waals surface area contributed by atoms with E-state index in [0.717, 1.165) is 25.1 Å². The molecule has 0 radical (unpaired) electrons. The number of rotatable bonds is 5. The molecule has 0 bridgehead atoms. The Bertz CT molecular complexity index is 845. The number of esters is 1. The van der Waals surface area contributed by atoms with Crippen molar-refractivity contribution >= 4 is 17.6 Å². The van der Waals surface area contributed by atoms with Gasteiger partial charge in [-0.3, -0.25) is 4.98 Å². The molecule has 7 nitrogen and oxygen atoms in total. The van der Waals surface area contributed by atoms with Gasteiger partial charge in [-0.05, 0) is 36.4 Å². The van der Waals surface area contributed by atoms with Crippen LogP contribution in [0.4, 0.5) is 13.2 Å². The van der Waals surface area contributed by atoms with Gasteiger partial charge in [-0.15, -0.1) is 0 Å². The van der Waals surface area contributed by atoms with Crippen molar-refractivity contribution in [1.82, 2.24) is 15.0 Å². The van der Waals surface area contributed by atoms with E-state index in [0.29, 0.717) is 25.9 Å². The topological polar surface area (TPSA) is 83.4 Å². The minimum atomic E-state index is -4.66. The molecule has 0 spiro atoms. The molecule has 0 amide bonds. The molecular formula is C17H15ClF3N3O4. The summed E-state index contributed by atoms with van der Waals surface area (Å²) < 4.78 is 53.9. The Kier molecular flexibility index (Phi) is 6.30. The molecule has 1 aliphatic heterocycles. The summed E-state index contributed by atoms with van der Waals surface area (Å²) in [6.45, 7) is 1.68. The van der Waals surface area contributed by atoms with Crippen molar-refractivity contribution in [2.45, 2.75) is 19.0 Å². The SMILES string of the molecule is O=C(Oc1ccnc(C(F)(F)F)c1)c1cc(OCC2CCOCC2)nc(Cl)n1. The Balaban J connectivity index is 1.68. The molecule has 150 valence electrons. The minimum Gasteiger partial charge on any atom is -0.477 e. The molecule has 0 N–H and O–H groups in total. The van der Waals surface area contributed by atoms with Crippen LogP contribution < -0.4 is 9.47 Å². The van der Waals surface area contributed by atoms with Gasteiger partial charge >= 0.3 is 12.1 Å². The molecule has 0 aromatic carbocycles. The van der Waals surface area contributed by atoms with Gasteiger partial charge in [0.2, 0.25) is 11.2 Å². The van der Waals surface area contributed by atoms with E-state index in [1.54, 1.807) is 0 Å². The van der Waals surface area contributed by atoms with Crippen LogP contribution in [-0.4, -0.2) is 40.7 Å². The van der Waals surface area contributed by atoms with Crippen molar-refractivity contribution in [3.63, 3.8) is 0 Å². The van der Waals surface area contributed by atoms with Gasteiger partial charge < -0.3 is 14.2 Å². The maximum atomic E-state index is 12.7. The number of hydrogen-bond acceptors (Lipinski definition) is 7. The lowest BCUT2D eigenvalue weighted by atomic mass is 10.0. The smallest absolute Gasteiger partial charge is 0.433 e. The van der Waals surface area contributed by atoms with Crippen LogP contribution in [0.15, 0.2) is 24.4 Å². The third-order valence-electron chi connectivity index (χ3n) is 3.92. The first-order chi connectivity index (χ1) is 13.3. The van der Waals surface area contributed by atoms with E-state index in [2.05, 4.69) is 15.0 Å². The van der Waals surface area contributed by atoms with Gasteiger partial charge in [-0.25, -0.2) is 9.78 Å². The lowest BCUT2D eigenvalue weighted by Gasteiger charge is -2.21. The van der Waals surface area contributed by atoms with Crippen LogP contribution in [0, 0.1) is 5.92 Å². The Morgan fingerprint density at radius 1 is 1.25 bits per heavy atom. The number of hydrogen-bond donors (Lipinski definition) is 0. The lowest BCUT2D eigenvalue weighted by Crippen LogP contribution is -2.22. The zero-order valence-corrected chi connectivity index (χ0v) is 15.2. The van der Waals surface area contributed by atoms with Crippen LogP contribution >= 0.6 is 11.6 Å². The first kappa shape index (κ1) is 20.3. The lowest BCUT2D eigenvalue weighted by molar-refractivity contribution is -0.141. The average molecular weight is 418 g/mol. The monoisotopic (exact) mass is 417 g/mol. The van der Waals surface area contributed by atoms with E-state index in [4.69, 9.17) is 25.8 Å². The molecule has 0 saturated carbocycles. The number of carbonyl (C=O) groups is 1. The first-order valence-corrected chi connectivity index (χ1v) is 8.69. The Morgan fingerprint density at radius 2 is 2.00 bits per heavy atom. The Hall–Kier alpha value is -2.46. The van der Waals surface area contributed by atoms with Crippen LogP contribution in [0.5, 0.6) is 11.6 Å². The second-order valence-electron chi connectivity index (χ2n) is 5.99. The highest BCUT2D eigenvalue weighted by atomic mass is 35.5. The Labute approximate surface area is 162 Å². The fourth-order valence-electron chi connectivity index (χ4n) is 2.48. The molecule has 28 heavy (non-hydrogen) atoms. The number of pyridine rings is 1. The maximum absolute atomic E-state index is 12.7. The molecule has 0 atom stereocenters. The highest BCUT2D eigenvalue weighted by molar-refractivity contribution is 6.28. The summed E-state index contributed by atoms with van der Waals surface area (Å²) in [5, 5.41) is -0.248. The van der Waals surface area contributed by atoms with Gasteiger partial charge in [0.1, 0.15) is 11.4 Å². The maximum Gasteiger partial charge on any atom is 0.433 e. The molecule has 2 aromatic heterocycles. The summed E-state index contributed by atoms with van der Waals surface area (Å²) in [5.41, 5.74) is -1.42. The second kappa shape index (κ2) is 8.70. The average Bonchev–Trinajstić information content (AvgIpc) is 2.66. The number of nitrogens with zero attached hydrogens (tertiary/aromatic N) is 3. The van der Waals surface area contributed by atoms with Gasteiger partial charge in [0.05, 0.1) is 6.61 Å². The third kappa shape index (κ3) is 5.52. The molecule has 0 unspecified atom stereocenters. The highest BCUT2D eigenvalue weighted by Crippen LogP contribution is 2.29. The molecule has 1 fully saturated rings. The molecule has 1 aliphatic rings. The predicted octanol–water partition coefficient (Wildman–Crippen LogP) is 3.57. The van der Waals surface area contributed by atoms with E-state index in [-0.39, 0.29) is 28.5 Å². The normalized spacial score (nSPS) is 15.3. The van der Waals surface area contributed by atoms with Gasteiger partial charge in [0.15, 0.2) is 5.69 Å². The molecule has 11 heteroatoms. The number of alkyl halides is 3. The zero-order chi connectivity index (χ0) is 20.1. The summed E-state index contributed by atoms with van der Waals surface area (Å²) >= 11 is 5.81. The fourth-order valence-corrected chi connectivity index (χ4v) is 2.65. The van der Waals surface area contributed by atoms with Gasteiger partial charge in [-0.2, -0.15) is 18.2 Å². The Morgan fingerprint density at radius 3 is 2.71 bits per heavy atom. The van der Waals surface area contributed by atoms with Crippen molar-refractivity contribution in [1.29, 1.82) is 0 Å². The largest absolute Gasteiger partial charge is 0.477 e.